The average Bonchev–Trinajstić information content (AvgIpc) is 2.81. The number of dihydropyridines is 1. The summed E-state index contributed by atoms with van der Waals surface area (Å²) in [4.78, 5) is 27.5. The maximum atomic E-state index is 14.8. The molecule has 0 saturated heterocycles. The van der Waals surface area contributed by atoms with Crippen molar-refractivity contribution < 1.29 is 36.3 Å². The van der Waals surface area contributed by atoms with E-state index >= 15 is 0 Å². The molecule has 0 aliphatic carbocycles. The molecule has 0 saturated carbocycles. The van der Waals surface area contributed by atoms with Gasteiger partial charge in [-0.1, -0.05) is 30.3 Å². The summed E-state index contributed by atoms with van der Waals surface area (Å²) >= 11 is 0. The van der Waals surface area contributed by atoms with Crippen molar-refractivity contribution >= 4 is 11.8 Å². The molecule has 2 aromatic rings. The van der Waals surface area contributed by atoms with Gasteiger partial charge in [0.1, 0.15) is 0 Å². The van der Waals surface area contributed by atoms with Crippen LogP contribution in [0.4, 0.5) is 22.0 Å². The Balaban J connectivity index is 1.87. The molecule has 4 rings (SSSR count). The van der Waals surface area contributed by atoms with E-state index < -0.39 is 57.9 Å². The zero-order valence-corrected chi connectivity index (χ0v) is 18.1. The third-order valence-electron chi connectivity index (χ3n) is 5.88. The van der Waals surface area contributed by atoms with Crippen LogP contribution in [0.2, 0.25) is 0 Å². The number of hydrogen-bond donors (Lipinski definition) is 1. The lowest BCUT2D eigenvalue weighted by atomic mass is 9.76. The lowest BCUT2D eigenvalue weighted by molar-refractivity contribution is -0.136. The first-order valence-electron chi connectivity index (χ1n) is 10.3. The van der Waals surface area contributed by atoms with Gasteiger partial charge in [-0.3, -0.25) is 9.69 Å². The molecule has 178 valence electrons. The van der Waals surface area contributed by atoms with Gasteiger partial charge < -0.3 is 10.1 Å². The largest absolute Gasteiger partial charge is 0.466 e. The quantitative estimate of drug-likeness (QED) is 0.313. The second-order valence-corrected chi connectivity index (χ2v) is 8.02. The molecule has 1 N–H and O–H groups in total. The minimum Gasteiger partial charge on any atom is -0.466 e. The summed E-state index contributed by atoms with van der Waals surface area (Å²) in [5, 5.41) is 2.90. The molecule has 0 radical (unpaired) electrons. The van der Waals surface area contributed by atoms with E-state index in [2.05, 4.69) is 5.32 Å². The number of allylic oxidation sites excluding steroid dienone is 1. The first-order valence-corrected chi connectivity index (χ1v) is 10.3. The number of nitrogens with one attached hydrogen (secondary N) is 1. The van der Waals surface area contributed by atoms with Gasteiger partial charge in [0, 0.05) is 35.6 Å². The fourth-order valence-corrected chi connectivity index (χ4v) is 4.42. The van der Waals surface area contributed by atoms with Gasteiger partial charge in [0.05, 0.1) is 25.1 Å². The lowest BCUT2D eigenvalue weighted by Crippen LogP contribution is -2.45. The number of hydrogen-bond acceptors (Lipinski definition) is 5. The molecule has 0 amide bonds. The summed E-state index contributed by atoms with van der Waals surface area (Å²) in [5.41, 5.74) is -0.711. The number of halogens is 5. The highest BCUT2D eigenvalue weighted by Crippen LogP contribution is 2.43. The van der Waals surface area contributed by atoms with Crippen LogP contribution in [0.25, 0.3) is 0 Å². The van der Waals surface area contributed by atoms with Gasteiger partial charge >= 0.3 is 5.97 Å². The van der Waals surface area contributed by atoms with Crippen molar-refractivity contribution in [2.75, 3.05) is 20.2 Å². The number of rotatable bonds is 4. The number of ether oxygens (including phenoxy) is 1. The van der Waals surface area contributed by atoms with Gasteiger partial charge in [0.2, 0.25) is 5.82 Å². The number of carbonyl (C=O) groups excluding carboxylic acids is 2. The van der Waals surface area contributed by atoms with Crippen LogP contribution in [0.1, 0.15) is 24.0 Å². The van der Waals surface area contributed by atoms with Gasteiger partial charge in [0.15, 0.2) is 29.1 Å². The molecule has 5 nitrogen and oxygen atoms in total. The van der Waals surface area contributed by atoms with E-state index in [1.165, 1.54) is 6.92 Å². The molecule has 34 heavy (non-hydrogen) atoms. The third kappa shape index (κ3) is 3.87. The van der Waals surface area contributed by atoms with Crippen LogP contribution in [0, 0.1) is 29.1 Å². The SMILES string of the molecule is COC(=O)C1=C(C)NC2=C(C(=O)CN(Cc3ccccc3)C2)C1c1c(F)c(F)c(F)c(F)c1F. The predicted octanol–water partition coefficient (Wildman–Crippen LogP) is 3.85. The average molecular weight is 478 g/mol. The number of benzene rings is 2. The summed E-state index contributed by atoms with van der Waals surface area (Å²) < 4.78 is 76.2. The zero-order valence-electron chi connectivity index (χ0n) is 18.1. The first-order chi connectivity index (χ1) is 16.1. The van der Waals surface area contributed by atoms with E-state index in [1.807, 2.05) is 30.3 Å². The van der Waals surface area contributed by atoms with Gasteiger partial charge in [-0.25, -0.2) is 26.7 Å². The highest BCUT2D eigenvalue weighted by atomic mass is 19.2. The van der Waals surface area contributed by atoms with Gasteiger partial charge in [-0.05, 0) is 12.5 Å². The summed E-state index contributed by atoms with van der Waals surface area (Å²) in [6.45, 7) is 1.71. The monoisotopic (exact) mass is 478 g/mol. The Morgan fingerprint density at radius 3 is 2.18 bits per heavy atom. The molecule has 10 heteroatoms. The second kappa shape index (κ2) is 9.02. The predicted molar refractivity (Wildman–Crippen MR) is 111 cm³/mol. The van der Waals surface area contributed by atoms with Crippen molar-refractivity contribution in [1.82, 2.24) is 10.2 Å². The smallest absolute Gasteiger partial charge is 0.336 e. The van der Waals surface area contributed by atoms with Crippen molar-refractivity contribution in [1.29, 1.82) is 0 Å². The van der Waals surface area contributed by atoms with E-state index in [9.17, 15) is 31.5 Å². The summed E-state index contributed by atoms with van der Waals surface area (Å²) in [6.07, 6.45) is 0. The van der Waals surface area contributed by atoms with E-state index in [0.29, 0.717) is 6.54 Å². The molecule has 1 unspecified atom stereocenters. The number of carbonyl (C=O) groups is 2. The number of methoxy groups -OCH3 is 1. The van der Waals surface area contributed by atoms with Crippen LogP contribution in [-0.4, -0.2) is 36.9 Å². The Kier molecular flexibility index (Phi) is 6.26. The normalized spacial score (nSPS) is 18.7. The maximum absolute atomic E-state index is 14.8. The standard InChI is InChI=1S/C24H19F5N2O3/c1-11-15(24(33)34-2)17(18-19(25)21(27)23(29)22(28)20(18)26)16-13(30-11)9-31(10-14(16)32)8-12-6-4-3-5-7-12/h3-7,17,30H,8-10H2,1-2H3. The van der Waals surface area contributed by atoms with Crippen LogP contribution in [0.3, 0.4) is 0 Å². The second-order valence-electron chi connectivity index (χ2n) is 8.02. The molecule has 2 heterocycles. The van der Waals surface area contributed by atoms with Crippen molar-refractivity contribution in [2.24, 2.45) is 0 Å². The molecule has 2 aliphatic heterocycles. The topological polar surface area (TPSA) is 58.6 Å². The maximum Gasteiger partial charge on any atom is 0.336 e. The first kappa shape index (κ1) is 23.6. The third-order valence-corrected chi connectivity index (χ3v) is 5.88. The van der Waals surface area contributed by atoms with Gasteiger partial charge in [-0.2, -0.15) is 0 Å². The molecular weight excluding hydrogens is 459 g/mol. The Morgan fingerprint density at radius 2 is 1.59 bits per heavy atom. The van der Waals surface area contributed by atoms with Crippen LogP contribution >= 0.6 is 0 Å². The Morgan fingerprint density at radius 1 is 1.00 bits per heavy atom. The fraction of sp³-hybridized carbons (Fsp3) is 0.250. The molecule has 0 spiro atoms. The molecule has 0 aromatic heterocycles. The van der Waals surface area contributed by atoms with E-state index in [0.717, 1.165) is 12.7 Å². The van der Waals surface area contributed by atoms with Crippen LogP contribution in [0.15, 0.2) is 52.9 Å². The summed E-state index contributed by atoms with van der Waals surface area (Å²) in [7, 11) is 1.01. The minimum absolute atomic E-state index is 0.0777. The van der Waals surface area contributed by atoms with Gasteiger partial charge in [0.25, 0.3) is 0 Å². The number of Topliss-reactive ketones (excluding diaryl/α,β-unsaturated/α-hetero) is 1. The zero-order chi connectivity index (χ0) is 24.7. The van der Waals surface area contributed by atoms with Crippen LogP contribution in [-0.2, 0) is 20.9 Å². The highest BCUT2D eigenvalue weighted by molar-refractivity contribution is 6.04. The lowest BCUT2D eigenvalue weighted by Gasteiger charge is -2.38. The molecule has 2 aromatic carbocycles. The number of ketones is 1. The van der Waals surface area contributed by atoms with Crippen LogP contribution in [0.5, 0.6) is 0 Å². The van der Waals surface area contributed by atoms with Crippen molar-refractivity contribution in [3.05, 3.63) is 93.1 Å². The Bertz CT molecular complexity index is 1230. The molecule has 1 atom stereocenters. The van der Waals surface area contributed by atoms with E-state index in [-0.39, 0.29) is 30.1 Å². The number of esters is 1. The van der Waals surface area contributed by atoms with Crippen molar-refractivity contribution in [3.8, 4) is 0 Å². The molecule has 2 aliphatic rings. The van der Waals surface area contributed by atoms with Crippen molar-refractivity contribution in [3.63, 3.8) is 0 Å². The summed E-state index contributed by atoms with van der Waals surface area (Å²) in [5.74, 6) is -14.4. The minimum atomic E-state index is -2.33. The van der Waals surface area contributed by atoms with Crippen LogP contribution < -0.4 is 5.32 Å². The number of nitrogens with zero attached hydrogens (tertiary/aromatic N) is 1. The summed E-state index contributed by atoms with van der Waals surface area (Å²) in [6, 6.07) is 9.23. The van der Waals surface area contributed by atoms with E-state index in [1.54, 1.807) is 4.90 Å². The molecule has 0 fully saturated rings. The van der Waals surface area contributed by atoms with Crippen molar-refractivity contribution in [2.45, 2.75) is 19.4 Å². The molecular formula is C24H19F5N2O3. The Hall–Kier alpha value is -3.53. The highest BCUT2D eigenvalue weighted by Gasteiger charge is 2.44. The van der Waals surface area contributed by atoms with E-state index in [4.69, 9.17) is 4.74 Å². The molecule has 0 bridgehead atoms. The van der Waals surface area contributed by atoms with Gasteiger partial charge in [-0.15, -0.1) is 0 Å². The Labute approximate surface area is 191 Å². The fourth-order valence-electron chi connectivity index (χ4n) is 4.42.